The number of benzene rings is 1. The minimum Gasteiger partial charge on any atom is -0.365 e. The minimum absolute atomic E-state index is 0.179. The highest BCUT2D eigenvalue weighted by molar-refractivity contribution is 5.82. The van der Waals surface area contributed by atoms with E-state index in [0.717, 1.165) is 67.9 Å². The second-order valence-electron chi connectivity index (χ2n) is 8.65. The Bertz CT molecular complexity index is 1290. The van der Waals surface area contributed by atoms with Crippen molar-refractivity contribution in [1.82, 2.24) is 19.9 Å². The van der Waals surface area contributed by atoms with E-state index < -0.39 is 0 Å². The van der Waals surface area contributed by atoms with Gasteiger partial charge in [-0.3, -0.25) is 9.69 Å². The van der Waals surface area contributed by atoms with Crippen LogP contribution in [0.1, 0.15) is 48.2 Å². The summed E-state index contributed by atoms with van der Waals surface area (Å²) in [5.41, 5.74) is 5.07. The average molecular weight is 432 g/mol. The van der Waals surface area contributed by atoms with Gasteiger partial charge in [0.2, 0.25) is 5.95 Å². The zero-order valence-electron chi connectivity index (χ0n) is 18.4. The van der Waals surface area contributed by atoms with Crippen LogP contribution in [0.15, 0.2) is 29.1 Å². The first kappa shape index (κ1) is 20.7. The van der Waals surface area contributed by atoms with E-state index in [2.05, 4.69) is 42.7 Å². The van der Waals surface area contributed by atoms with Gasteiger partial charge >= 0.3 is 0 Å². The summed E-state index contributed by atoms with van der Waals surface area (Å²) in [5, 5.41) is 0. The van der Waals surface area contributed by atoms with Crippen LogP contribution >= 0.6 is 0 Å². The molecule has 0 unspecified atom stereocenters. The monoisotopic (exact) mass is 431 g/mol. The van der Waals surface area contributed by atoms with Crippen molar-refractivity contribution < 1.29 is 4.39 Å². The van der Waals surface area contributed by atoms with Crippen molar-refractivity contribution in [2.75, 3.05) is 31.1 Å². The van der Waals surface area contributed by atoms with Gasteiger partial charge in [-0.15, -0.1) is 5.92 Å². The molecule has 3 heterocycles. The first-order chi connectivity index (χ1) is 15.5. The molecular weight excluding hydrogens is 405 g/mol. The largest absolute Gasteiger partial charge is 0.365 e. The van der Waals surface area contributed by atoms with E-state index in [1.54, 1.807) is 13.8 Å². The van der Waals surface area contributed by atoms with Gasteiger partial charge in [0.15, 0.2) is 0 Å². The number of hydrogen-bond acceptors (Lipinski definition) is 5. The number of fused-ring (bicyclic) bond motifs is 1. The number of anilines is 1. The van der Waals surface area contributed by atoms with Gasteiger partial charge in [0.1, 0.15) is 11.2 Å². The molecular formula is C25H26FN5O. The Morgan fingerprint density at radius 1 is 1.16 bits per heavy atom. The van der Waals surface area contributed by atoms with Crippen molar-refractivity contribution in [3.63, 3.8) is 0 Å². The number of halogens is 1. The topological polar surface area (TPSA) is 65.1 Å². The molecule has 7 heteroatoms. The smallest absolute Gasteiger partial charge is 0.269 e. The molecule has 3 aromatic rings. The minimum atomic E-state index is -0.355. The lowest BCUT2D eigenvalue weighted by Crippen LogP contribution is -2.46. The van der Waals surface area contributed by atoms with Crippen LogP contribution in [0.2, 0.25) is 0 Å². The summed E-state index contributed by atoms with van der Waals surface area (Å²) < 4.78 is 14.6. The van der Waals surface area contributed by atoms with E-state index in [4.69, 9.17) is 0 Å². The lowest BCUT2D eigenvalue weighted by atomic mass is 10.1. The van der Waals surface area contributed by atoms with Crippen LogP contribution in [0.5, 0.6) is 0 Å². The van der Waals surface area contributed by atoms with Gasteiger partial charge in [0.05, 0.1) is 16.8 Å². The normalized spacial score (nSPS) is 16.8. The fraction of sp³-hybridized carbons (Fsp3) is 0.400. The fourth-order valence-electron chi connectivity index (χ4n) is 4.35. The van der Waals surface area contributed by atoms with E-state index in [1.165, 1.54) is 0 Å². The molecule has 2 fully saturated rings. The third-order valence-corrected chi connectivity index (χ3v) is 6.25. The number of nitrogens with one attached hydrogen (secondary N) is 1. The molecule has 1 N–H and O–H groups in total. The summed E-state index contributed by atoms with van der Waals surface area (Å²) in [6.07, 6.45) is 2.24. The number of pyridine rings is 1. The molecule has 0 radical (unpaired) electrons. The molecule has 0 atom stereocenters. The predicted molar refractivity (Wildman–Crippen MR) is 123 cm³/mol. The second kappa shape index (κ2) is 8.36. The molecule has 1 aromatic carbocycles. The third-order valence-electron chi connectivity index (χ3n) is 6.25. The van der Waals surface area contributed by atoms with Crippen molar-refractivity contribution >= 4 is 16.7 Å². The number of hydrogen-bond donors (Lipinski definition) is 1. The van der Waals surface area contributed by atoms with E-state index in [1.807, 2.05) is 18.2 Å². The van der Waals surface area contributed by atoms with Crippen LogP contribution in [0.25, 0.3) is 11.0 Å². The van der Waals surface area contributed by atoms with Crippen molar-refractivity contribution in [2.45, 2.75) is 39.2 Å². The van der Waals surface area contributed by atoms with Crippen molar-refractivity contribution in [3.05, 3.63) is 63.1 Å². The molecule has 1 aliphatic carbocycles. The lowest BCUT2D eigenvalue weighted by molar-refractivity contribution is 0.249. The van der Waals surface area contributed by atoms with Gasteiger partial charge in [-0.2, -0.15) is 4.39 Å². The Morgan fingerprint density at radius 2 is 1.94 bits per heavy atom. The standard InChI is InChI=1S/C25H26FN5O/c1-3-4-19-13-17(14-21-23(19)27-16(2)25(32)29-21)15-30-9-11-31(12-10-30)22-8-7-20(18-5-6-18)28-24(22)26/h7-8,13-14,18H,5-6,9-12,15H2,1-2H3,(H,29,32). The Kier molecular flexibility index (Phi) is 5.40. The van der Waals surface area contributed by atoms with E-state index in [-0.39, 0.29) is 11.5 Å². The highest BCUT2D eigenvalue weighted by atomic mass is 19.1. The molecule has 32 heavy (non-hydrogen) atoms. The summed E-state index contributed by atoms with van der Waals surface area (Å²) in [6.45, 7) is 7.36. The molecule has 0 bridgehead atoms. The van der Waals surface area contributed by atoms with Gasteiger partial charge in [-0.1, -0.05) is 5.92 Å². The van der Waals surface area contributed by atoms with Crippen LogP contribution in [0.3, 0.4) is 0 Å². The molecule has 5 rings (SSSR count). The second-order valence-corrected chi connectivity index (χ2v) is 8.65. The summed E-state index contributed by atoms with van der Waals surface area (Å²) in [7, 11) is 0. The Hall–Kier alpha value is -3.24. The molecule has 2 aliphatic rings. The van der Waals surface area contributed by atoms with Crippen LogP contribution in [-0.4, -0.2) is 46.0 Å². The van der Waals surface area contributed by atoms with E-state index in [0.29, 0.717) is 22.8 Å². The molecule has 0 spiro atoms. The van der Waals surface area contributed by atoms with Crippen LogP contribution in [-0.2, 0) is 6.54 Å². The molecule has 0 amide bonds. The predicted octanol–water partition coefficient (Wildman–Crippen LogP) is 3.34. The molecule has 2 aromatic heterocycles. The Balaban J connectivity index is 1.31. The van der Waals surface area contributed by atoms with Crippen molar-refractivity contribution in [1.29, 1.82) is 0 Å². The zero-order valence-corrected chi connectivity index (χ0v) is 18.4. The summed E-state index contributed by atoms with van der Waals surface area (Å²) in [5.74, 6) is 6.16. The molecule has 6 nitrogen and oxygen atoms in total. The van der Waals surface area contributed by atoms with Crippen molar-refractivity contribution in [3.8, 4) is 11.8 Å². The zero-order chi connectivity index (χ0) is 22.2. The lowest BCUT2D eigenvalue weighted by Gasteiger charge is -2.36. The summed E-state index contributed by atoms with van der Waals surface area (Å²) in [6, 6.07) is 7.90. The molecule has 1 aliphatic heterocycles. The SMILES string of the molecule is CC#Cc1cc(CN2CCN(c3ccc(C4CC4)nc3F)CC2)cc2[nH]c(=O)c(C)nc12. The van der Waals surface area contributed by atoms with Gasteiger partial charge < -0.3 is 9.88 Å². The van der Waals surface area contributed by atoms with Gasteiger partial charge in [0, 0.05) is 44.3 Å². The van der Waals surface area contributed by atoms with Crippen LogP contribution in [0.4, 0.5) is 10.1 Å². The van der Waals surface area contributed by atoms with Crippen molar-refractivity contribution in [2.24, 2.45) is 0 Å². The maximum atomic E-state index is 14.6. The van der Waals surface area contributed by atoms with Gasteiger partial charge in [0.25, 0.3) is 5.56 Å². The number of aromatic amines is 1. The molecule has 1 saturated heterocycles. The maximum absolute atomic E-state index is 14.6. The highest BCUT2D eigenvalue weighted by Gasteiger charge is 2.27. The first-order valence-corrected chi connectivity index (χ1v) is 11.1. The highest BCUT2D eigenvalue weighted by Crippen LogP contribution is 2.39. The van der Waals surface area contributed by atoms with Gasteiger partial charge in [-0.25, -0.2) is 9.97 Å². The van der Waals surface area contributed by atoms with Crippen LogP contribution < -0.4 is 10.5 Å². The number of rotatable bonds is 4. The number of H-pyrrole nitrogens is 1. The first-order valence-electron chi connectivity index (χ1n) is 11.1. The number of piperazine rings is 1. The molecule has 164 valence electrons. The Morgan fingerprint density at radius 3 is 2.62 bits per heavy atom. The van der Waals surface area contributed by atoms with Crippen LogP contribution in [0, 0.1) is 24.7 Å². The third kappa shape index (κ3) is 4.11. The van der Waals surface area contributed by atoms with E-state index in [9.17, 15) is 9.18 Å². The average Bonchev–Trinajstić information content (AvgIpc) is 3.62. The van der Waals surface area contributed by atoms with Gasteiger partial charge in [-0.05, 0) is 56.5 Å². The number of aromatic nitrogens is 3. The molecule has 1 saturated carbocycles. The fourth-order valence-corrected chi connectivity index (χ4v) is 4.35. The Labute approximate surface area is 186 Å². The number of aryl methyl sites for hydroxylation is 1. The maximum Gasteiger partial charge on any atom is 0.269 e. The summed E-state index contributed by atoms with van der Waals surface area (Å²) in [4.78, 5) is 28.0. The number of nitrogens with zero attached hydrogens (tertiary/aromatic N) is 4. The van der Waals surface area contributed by atoms with E-state index >= 15 is 0 Å². The quantitative estimate of drug-likeness (QED) is 0.507. The summed E-state index contributed by atoms with van der Waals surface area (Å²) >= 11 is 0.